The molecule has 3 aromatic rings. The van der Waals surface area contributed by atoms with Crippen LogP contribution >= 0.6 is 0 Å². The number of hydrogen-bond donors (Lipinski definition) is 3. The van der Waals surface area contributed by atoms with Crippen LogP contribution in [0.25, 0.3) is 0 Å². The Kier molecular flexibility index (Phi) is 5.02. The number of fused-ring (bicyclic) bond motifs is 2. The van der Waals surface area contributed by atoms with Gasteiger partial charge in [-0.15, -0.1) is 0 Å². The molecule has 2 heterocycles. The number of urea groups is 1. The molecule has 0 aliphatic carbocycles. The van der Waals surface area contributed by atoms with Gasteiger partial charge in [0.1, 0.15) is 5.75 Å². The number of carbonyl (C=O) groups is 2. The number of aliphatic hydroxyl groups is 1. The van der Waals surface area contributed by atoms with Crippen molar-refractivity contribution >= 4 is 23.3 Å². The third-order valence-electron chi connectivity index (χ3n) is 5.59. The lowest BCUT2D eigenvalue weighted by molar-refractivity contribution is -0.140. The highest BCUT2D eigenvalue weighted by Gasteiger charge is 2.52. The standard InChI is InChI=1S/C24H21N3O6/c1-31-17-6-4-5-16(12-17)27-23(29)26-19-8-3-2-7-18(19)24(27,30)22(28)25-13-15-9-10-20-21(11-15)33-14-32-20/h2-12,30H,13-14H2,1H3,(H,25,28)(H,26,29)/t24-/m1/s1. The zero-order valence-corrected chi connectivity index (χ0v) is 17.7. The first-order valence-corrected chi connectivity index (χ1v) is 10.2. The maximum atomic E-state index is 13.5. The van der Waals surface area contributed by atoms with Crippen molar-refractivity contribution in [1.82, 2.24) is 5.32 Å². The molecule has 5 rings (SSSR count). The monoisotopic (exact) mass is 447 g/mol. The molecular weight excluding hydrogens is 426 g/mol. The van der Waals surface area contributed by atoms with Crippen LogP contribution in [0.15, 0.2) is 66.7 Å². The van der Waals surface area contributed by atoms with Crippen molar-refractivity contribution in [1.29, 1.82) is 0 Å². The van der Waals surface area contributed by atoms with Crippen molar-refractivity contribution in [3.05, 3.63) is 77.9 Å². The van der Waals surface area contributed by atoms with Gasteiger partial charge in [-0.25, -0.2) is 4.79 Å². The maximum absolute atomic E-state index is 13.5. The number of methoxy groups -OCH3 is 1. The minimum Gasteiger partial charge on any atom is -0.497 e. The molecule has 0 saturated heterocycles. The van der Waals surface area contributed by atoms with E-state index in [9.17, 15) is 14.7 Å². The summed E-state index contributed by atoms with van der Waals surface area (Å²) in [6, 6.07) is 17.9. The average Bonchev–Trinajstić information content (AvgIpc) is 3.30. The molecule has 2 aliphatic heterocycles. The van der Waals surface area contributed by atoms with Crippen LogP contribution in [0.4, 0.5) is 16.2 Å². The molecule has 0 unspecified atom stereocenters. The maximum Gasteiger partial charge on any atom is 0.329 e. The molecular formula is C24H21N3O6. The predicted molar refractivity (Wildman–Crippen MR) is 119 cm³/mol. The molecule has 9 nitrogen and oxygen atoms in total. The molecule has 0 saturated carbocycles. The summed E-state index contributed by atoms with van der Waals surface area (Å²) < 4.78 is 16.0. The fourth-order valence-corrected chi connectivity index (χ4v) is 3.97. The summed E-state index contributed by atoms with van der Waals surface area (Å²) in [5.74, 6) is 0.930. The summed E-state index contributed by atoms with van der Waals surface area (Å²) >= 11 is 0. The minimum absolute atomic E-state index is 0.105. The second-order valence-electron chi connectivity index (χ2n) is 7.56. The predicted octanol–water partition coefficient (Wildman–Crippen LogP) is 2.94. The van der Waals surface area contributed by atoms with E-state index in [0.717, 1.165) is 10.5 Å². The van der Waals surface area contributed by atoms with Gasteiger partial charge in [0.25, 0.3) is 11.6 Å². The smallest absolute Gasteiger partial charge is 0.329 e. The van der Waals surface area contributed by atoms with Gasteiger partial charge >= 0.3 is 6.03 Å². The SMILES string of the molecule is COc1cccc(N2C(=O)Nc3ccccc3[C@@]2(O)C(=O)NCc2ccc3c(c2)OCO3)c1. The molecule has 3 amide bonds. The zero-order valence-electron chi connectivity index (χ0n) is 17.7. The molecule has 3 N–H and O–H groups in total. The van der Waals surface area contributed by atoms with Crippen LogP contribution < -0.4 is 29.7 Å². The number of nitrogens with zero attached hydrogens (tertiary/aromatic N) is 1. The van der Waals surface area contributed by atoms with E-state index in [-0.39, 0.29) is 18.9 Å². The average molecular weight is 447 g/mol. The number of ether oxygens (including phenoxy) is 3. The van der Waals surface area contributed by atoms with Crippen molar-refractivity contribution in [3.8, 4) is 17.2 Å². The van der Waals surface area contributed by atoms with Gasteiger partial charge in [-0.05, 0) is 35.9 Å². The van der Waals surface area contributed by atoms with Crippen LogP contribution in [0.5, 0.6) is 17.2 Å². The van der Waals surface area contributed by atoms with Crippen LogP contribution in [0, 0.1) is 0 Å². The summed E-state index contributed by atoms with van der Waals surface area (Å²) in [6.45, 7) is 0.250. The van der Waals surface area contributed by atoms with Crippen LogP contribution in [-0.4, -0.2) is 30.9 Å². The van der Waals surface area contributed by atoms with Crippen molar-refractivity contribution in [3.63, 3.8) is 0 Å². The summed E-state index contributed by atoms with van der Waals surface area (Å²) in [6.07, 6.45) is 0. The molecule has 168 valence electrons. The highest BCUT2D eigenvalue weighted by molar-refractivity contribution is 6.11. The molecule has 0 radical (unpaired) electrons. The van der Waals surface area contributed by atoms with Gasteiger partial charge in [0, 0.05) is 18.2 Å². The molecule has 0 aromatic heterocycles. The number of anilines is 2. The van der Waals surface area contributed by atoms with E-state index in [1.165, 1.54) is 7.11 Å². The normalized spacial score (nSPS) is 18.4. The van der Waals surface area contributed by atoms with Gasteiger partial charge in [0.05, 0.1) is 18.5 Å². The fourth-order valence-electron chi connectivity index (χ4n) is 3.97. The van der Waals surface area contributed by atoms with Crippen molar-refractivity contribution in [2.75, 3.05) is 24.1 Å². The molecule has 9 heteroatoms. The Morgan fingerprint density at radius 2 is 1.94 bits per heavy atom. The summed E-state index contributed by atoms with van der Waals surface area (Å²) in [4.78, 5) is 27.6. The van der Waals surface area contributed by atoms with E-state index in [0.29, 0.717) is 28.6 Å². The first kappa shape index (κ1) is 20.7. The van der Waals surface area contributed by atoms with E-state index in [4.69, 9.17) is 14.2 Å². The lowest BCUT2D eigenvalue weighted by Crippen LogP contribution is -2.62. The van der Waals surface area contributed by atoms with Crippen molar-refractivity contribution in [2.45, 2.75) is 12.3 Å². The summed E-state index contributed by atoms with van der Waals surface area (Å²) in [5, 5.41) is 17.3. The number of para-hydroxylation sites is 1. The lowest BCUT2D eigenvalue weighted by Gasteiger charge is -2.42. The molecule has 3 aromatic carbocycles. The topological polar surface area (TPSA) is 109 Å². The Hall–Kier alpha value is -4.24. The minimum atomic E-state index is -2.30. The Morgan fingerprint density at radius 1 is 1.12 bits per heavy atom. The number of rotatable bonds is 5. The summed E-state index contributed by atoms with van der Waals surface area (Å²) in [5.41, 5.74) is -0.667. The van der Waals surface area contributed by atoms with Gasteiger partial charge in [-0.3, -0.25) is 9.69 Å². The largest absolute Gasteiger partial charge is 0.497 e. The summed E-state index contributed by atoms with van der Waals surface area (Å²) in [7, 11) is 1.50. The van der Waals surface area contributed by atoms with Gasteiger partial charge in [0.2, 0.25) is 6.79 Å². The number of benzene rings is 3. The number of carbonyl (C=O) groups excluding carboxylic acids is 2. The second kappa shape index (κ2) is 8.03. The quantitative estimate of drug-likeness (QED) is 0.555. The van der Waals surface area contributed by atoms with Gasteiger partial charge in [-0.1, -0.05) is 30.3 Å². The molecule has 0 fully saturated rings. The van der Waals surface area contributed by atoms with Gasteiger partial charge in [0.15, 0.2) is 11.5 Å². The molecule has 33 heavy (non-hydrogen) atoms. The number of nitrogens with one attached hydrogen (secondary N) is 2. The molecule has 2 aliphatic rings. The van der Waals surface area contributed by atoms with Gasteiger partial charge in [-0.2, -0.15) is 0 Å². The fraction of sp³-hybridized carbons (Fsp3) is 0.167. The van der Waals surface area contributed by atoms with E-state index in [2.05, 4.69) is 10.6 Å². The van der Waals surface area contributed by atoms with E-state index in [1.807, 2.05) is 0 Å². The van der Waals surface area contributed by atoms with E-state index >= 15 is 0 Å². The second-order valence-corrected chi connectivity index (χ2v) is 7.56. The van der Waals surface area contributed by atoms with Crippen LogP contribution in [0.3, 0.4) is 0 Å². The third kappa shape index (κ3) is 3.48. The van der Waals surface area contributed by atoms with Crippen LogP contribution in [0.1, 0.15) is 11.1 Å². The number of amides is 3. The lowest BCUT2D eigenvalue weighted by atomic mass is 9.94. The van der Waals surface area contributed by atoms with Crippen molar-refractivity contribution < 1.29 is 28.9 Å². The van der Waals surface area contributed by atoms with E-state index in [1.54, 1.807) is 66.7 Å². The Labute approximate surface area is 189 Å². The third-order valence-corrected chi connectivity index (χ3v) is 5.59. The zero-order chi connectivity index (χ0) is 23.0. The van der Waals surface area contributed by atoms with Crippen LogP contribution in [-0.2, 0) is 17.1 Å². The Balaban J connectivity index is 1.51. The Morgan fingerprint density at radius 3 is 2.79 bits per heavy atom. The highest BCUT2D eigenvalue weighted by Crippen LogP contribution is 2.40. The molecule has 1 atom stereocenters. The highest BCUT2D eigenvalue weighted by atomic mass is 16.7. The van der Waals surface area contributed by atoms with Gasteiger partial charge < -0.3 is 30.0 Å². The molecule has 0 spiro atoms. The number of hydrogen-bond acceptors (Lipinski definition) is 6. The van der Waals surface area contributed by atoms with Crippen molar-refractivity contribution in [2.24, 2.45) is 0 Å². The molecule has 0 bridgehead atoms. The van der Waals surface area contributed by atoms with Crippen LogP contribution in [0.2, 0.25) is 0 Å². The van der Waals surface area contributed by atoms with E-state index < -0.39 is 17.7 Å². The first-order chi connectivity index (χ1) is 16.0. The Bertz CT molecular complexity index is 1250. The first-order valence-electron chi connectivity index (χ1n) is 10.2.